The first-order chi connectivity index (χ1) is 32.6. The van der Waals surface area contributed by atoms with Gasteiger partial charge < -0.3 is 21.6 Å². The molecule has 0 atom stereocenters. The fourth-order valence-electron chi connectivity index (χ4n) is 6.12. The molecule has 1 N–H and O–H groups in total. The number of nitrogens with zero attached hydrogens (tertiary/aromatic N) is 9. The predicted octanol–water partition coefficient (Wildman–Crippen LogP) is 0.0393. The Balaban J connectivity index is 0.00000103. The number of pyridine rings is 6. The summed E-state index contributed by atoms with van der Waals surface area (Å²) in [5.41, 5.74) is 6.33. The van der Waals surface area contributed by atoms with Gasteiger partial charge in [0.1, 0.15) is 0 Å². The topological polar surface area (TPSA) is 158 Å². The Labute approximate surface area is 498 Å². The molecule has 0 aromatic carbocycles. The fourth-order valence-corrected chi connectivity index (χ4v) is 6.12. The van der Waals surface area contributed by atoms with Gasteiger partial charge in [-0.05, 0) is 85.6 Å². The number of alkyl halides is 1. The summed E-state index contributed by atoms with van der Waals surface area (Å²) in [6.45, 7) is 10.6. The molecule has 7 rings (SSSR count). The van der Waals surface area contributed by atoms with Crippen LogP contribution in [0.4, 0.5) is 0 Å². The second-order valence-electron chi connectivity index (χ2n) is 14.3. The summed E-state index contributed by atoms with van der Waals surface area (Å²) in [5.74, 6) is 5.11. The minimum absolute atomic E-state index is 0. The first kappa shape index (κ1) is 63.0. The molecule has 0 aliphatic carbocycles. The van der Waals surface area contributed by atoms with E-state index >= 15 is 0 Å². The molecule has 68 heavy (non-hydrogen) atoms. The van der Waals surface area contributed by atoms with Crippen molar-refractivity contribution in [3.63, 3.8) is 0 Å². The molecule has 348 valence electrons. The molecule has 1 saturated heterocycles. The largest absolute Gasteiger partial charge is 1.00 e. The Morgan fingerprint density at radius 2 is 0.912 bits per heavy atom. The molecule has 1 aliphatic heterocycles. The van der Waals surface area contributed by atoms with Crippen LogP contribution in [0.5, 0.6) is 0 Å². The summed E-state index contributed by atoms with van der Waals surface area (Å²) >= 11 is 3.01. The van der Waals surface area contributed by atoms with Crippen molar-refractivity contribution in [1.82, 2.24) is 49.9 Å². The molecule has 1 fully saturated rings. The second kappa shape index (κ2) is 44.0. The van der Waals surface area contributed by atoms with Gasteiger partial charge in [0.05, 0.1) is 46.0 Å². The Kier molecular flexibility index (Phi) is 40.8. The van der Waals surface area contributed by atoms with E-state index in [1.165, 1.54) is 12.8 Å². The molecule has 0 amide bonds. The monoisotopic (exact) mass is 1030 g/mol. The third-order valence-corrected chi connectivity index (χ3v) is 9.51. The first-order valence-electron chi connectivity index (χ1n) is 21.6. The van der Waals surface area contributed by atoms with E-state index in [9.17, 15) is 0 Å². The van der Waals surface area contributed by atoms with Crippen LogP contribution in [-0.2, 0) is 53.7 Å². The van der Waals surface area contributed by atoms with E-state index < -0.39 is 0 Å². The number of terminal acetylenes is 2. The van der Waals surface area contributed by atoms with Crippen molar-refractivity contribution in [2.75, 3.05) is 51.3 Å². The molecular formula is C51H61BrK2N10O4. The van der Waals surface area contributed by atoms with E-state index in [0.717, 1.165) is 113 Å². The fraction of sp³-hybridized carbons (Fsp3) is 0.314. The molecule has 0 bridgehead atoms. The summed E-state index contributed by atoms with van der Waals surface area (Å²) in [6, 6.07) is 36.0. The van der Waals surface area contributed by atoms with Crippen molar-refractivity contribution in [3.05, 3.63) is 181 Å². The van der Waals surface area contributed by atoms with Crippen LogP contribution in [0, 0.1) is 24.7 Å². The third-order valence-electron chi connectivity index (χ3n) is 9.19. The van der Waals surface area contributed by atoms with Gasteiger partial charge >= 0.3 is 103 Å². The Bertz CT molecular complexity index is 2070. The van der Waals surface area contributed by atoms with Gasteiger partial charge in [-0.3, -0.25) is 49.4 Å². The van der Waals surface area contributed by atoms with Gasteiger partial charge in [0.25, 0.3) is 6.47 Å². The maximum Gasteiger partial charge on any atom is 1.00 e. The minimum Gasteiger partial charge on any atom is -1.00 e. The van der Waals surface area contributed by atoms with Crippen LogP contribution < -0.4 is 113 Å². The van der Waals surface area contributed by atoms with Gasteiger partial charge in [0.15, 0.2) is 0 Å². The van der Waals surface area contributed by atoms with E-state index in [2.05, 4.69) is 107 Å². The Morgan fingerprint density at radius 3 is 1.19 bits per heavy atom. The molecule has 0 saturated carbocycles. The van der Waals surface area contributed by atoms with Crippen molar-refractivity contribution in [1.29, 1.82) is 0 Å². The summed E-state index contributed by atoms with van der Waals surface area (Å²) in [4.78, 5) is 44.8. The van der Waals surface area contributed by atoms with Gasteiger partial charge in [0.2, 0.25) is 0 Å². The van der Waals surface area contributed by atoms with E-state index in [1.807, 2.05) is 122 Å². The molecule has 14 nitrogen and oxygen atoms in total. The zero-order valence-electron chi connectivity index (χ0n) is 40.4. The van der Waals surface area contributed by atoms with E-state index in [4.69, 9.17) is 27.6 Å². The number of carbonyl (C=O) groups is 1. The summed E-state index contributed by atoms with van der Waals surface area (Å²) < 4.78 is 4.94. The second-order valence-corrected chi connectivity index (χ2v) is 14.8. The molecule has 0 radical (unpaired) electrons. The van der Waals surface area contributed by atoms with Crippen LogP contribution in [0.15, 0.2) is 146 Å². The van der Waals surface area contributed by atoms with Crippen LogP contribution in [0.3, 0.4) is 0 Å². The van der Waals surface area contributed by atoms with Gasteiger partial charge in [-0.1, -0.05) is 64.2 Å². The predicted molar refractivity (Wildman–Crippen MR) is 260 cm³/mol. The van der Waals surface area contributed by atoms with E-state index in [-0.39, 0.29) is 111 Å². The number of aromatic nitrogens is 6. The number of carbonyl (C=O) groups excluding carboxylic acids is 1. The maximum atomic E-state index is 8.64. The van der Waals surface area contributed by atoms with Crippen molar-refractivity contribution in [3.8, 4) is 24.7 Å². The number of rotatable bonds is 20. The number of hydrogen-bond donors (Lipinski definition) is 1. The van der Waals surface area contributed by atoms with Gasteiger partial charge in [-0.15, -0.1) is 12.8 Å². The van der Waals surface area contributed by atoms with E-state index in [1.54, 1.807) is 0 Å². The van der Waals surface area contributed by atoms with Crippen molar-refractivity contribution < 1.29 is 124 Å². The molecule has 7 heterocycles. The molecule has 6 aromatic heterocycles. The van der Waals surface area contributed by atoms with Crippen molar-refractivity contribution >= 4 is 22.4 Å². The van der Waals surface area contributed by atoms with Gasteiger partial charge in [0, 0.05) is 116 Å². The van der Waals surface area contributed by atoms with Gasteiger partial charge in [-0.25, -0.2) is 0 Å². The standard InChI is InChI=1S/C23H25N5.C20H23N5.C4H8O.C3H3Br.CH2O3.2K.H/c1-2-15-27(18-21-9-3-6-12-24-21)16-17-28(19-22-10-4-7-13-25-22)20-23-11-5-8-14-26-23;1-4-10-22-18(7-1)15-21-13-14-25(16-19-8-2-5-11-23-19)17-20-9-3-6-12-24-20;1-2-4-5-3-1;1-2-3-4;2-1-4-3;;;/h1,3-14H,15-20H2;1-12,21H,13-17H2;1-4H2;1H,3H2;1,3H;;;/q;;;;;2*+1;-1/p-1. The maximum absolute atomic E-state index is 8.64. The van der Waals surface area contributed by atoms with Crippen LogP contribution in [0.2, 0.25) is 0 Å². The summed E-state index contributed by atoms with van der Waals surface area (Å²) in [6.07, 6.45) is 23.9. The SMILES string of the molecule is C#CCBr.C#CCN(CCN(Cc1ccccn1)Cc1ccccn1)Cc1ccccn1.C1CCOC1.O=CO[O-].[H-].[K+].[K+].c1ccc(CNCCN(Cc2ccccn2)Cc2ccccn2)nc1. The first-order valence-corrected chi connectivity index (χ1v) is 22.7. The Hall–Kier alpha value is -3.00. The minimum atomic E-state index is -0.181. The van der Waals surface area contributed by atoms with Crippen LogP contribution in [-0.4, -0.2) is 102 Å². The third kappa shape index (κ3) is 32.0. The number of halogens is 1. The molecule has 1 aliphatic rings. The number of nitrogens with one attached hydrogen (secondary N) is 1. The molecule has 0 unspecified atom stereocenters. The van der Waals surface area contributed by atoms with Gasteiger partial charge in [-0.2, -0.15) is 0 Å². The summed E-state index contributed by atoms with van der Waals surface area (Å²) in [7, 11) is 0. The zero-order chi connectivity index (χ0) is 47.0. The molecule has 17 heteroatoms. The van der Waals surface area contributed by atoms with Crippen molar-refractivity contribution in [2.45, 2.75) is 52.1 Å². The number of hydrogen-bond acceptors (Lipinski definition) is 14. The van der Waals surface area contributed by atoms with Crippen LogP contribution in [0.25, 0.3) is 0 Å². The summed E-state index contributed by atoms with van der Waals surface area (Å²) in [5, 5.41) is 12.5. The molecular weight excluding hydrogens is 975 g/mol. The average molecular weight is 1040 g/mol. The van der Waals surface area contributed by atoms with E-state index in [0.29, 0.717) is 11.9 Å². The van der Waals surface area contributed by atoms with Crippen molar-refractivity contribution in [2.24, 2.45) is 0 Å². The Morgan fingerprint density at radius 1 is 0.588 bits per heavy atom. The van der Waals surface area contributed by atoms with Crippen LogP contribution >= 0.6 is 15.9 Å². The smallest absolute Gasteiger partial charge is 1.00 e. The quantitative estimate of drug-likeness (QED) is 0.0208. The normalized spacial score (nSPS) is 10.9. The average Bonchev–Trinajstić information content (AvgIpc) is 3.98. The molecule has 0 spiro atoms. The molecule has 6 aromatic rings. The number of ether oxygens (including phenoxy) is 1. The van der Waals surface area contributed by atoms with Crippen LogP contribution in [0.1, 0.15) is 48.4 Å². The zero-order valence-corrected chi connectivity index (χ0v) is 47.3.